The van der Waals surface area contributed by atoms with Crippen molar-refractivity contribution in [1.29, 1.82) is 0 Å². The van der Waals surface area contributed by atoms with Crippen LogP contribution in [0.1, 0.15) is 37.7 Å². The van der Waals surface area contributed by atoms with Gasteiger partial charge in [0.25, 0.3) is 0 Å². The van der Waals surface area contributed by atoms with Gasteiger partial charge < -0.3 is 9.64 Å². The van der Waals surface area contributed by atoms with Crippen molar-refractivity contribution < 1.29 is 14.3 Å². The molecule has 1 aliphatic rings. The third kappa shape index (κ3) is 4.99. The number of amides is 1. The number of hydrogen-bond donors (Lipinski definition) is 0. The maximum absolute atomic E-state index is 12.2. The van der Waals surface area contributed by atoms with Crippen LogP contribution in [-0.2, 0) is 4.74 Å². The minimum absolute atomic E-state index is 0.0729. The Morgan fingerprint density at radius 3 is 2.74 bits per heavy atom. The van der Waals surface area contributed by atoms with Gasteiger partial charge in [0.1, 0.15) is 11.3 Å². The predicted molar refractivity (Wildman–Crippen MR) is 85.2 cm³/mol. The Labute approximate surface area is 136 Å². The minimum Gasteiger partial charge on any atom is -0.444 e. The maximum Gasteiger partial charge on any atom is 0.410 e. The van der Waals surface area contributed by atoms with Crippen molar-refractivity contribution in [3.63, 3.8) is 0 Å². The lowest BCUT2D eigenvalue weighted by atomic mass is 10.2. The Kier molecular flexibility index (Phi) is 5.30. The van der Waals surface area contributed by atoms with E-state index in [0.29, 0.717) is 18.8 Å². The van der Waals surface area contributed by atoms with E-state index in [4.69, 9.17) is 4.74 Å². The molecule has 1 aromatic heterocycles. The molecule has 0 unspecified atom stereocenters. The number of aromatic nitrogens is 2. The van der Waals surface area contributed by atoms with Crippen LogP contribution in [0.5, 0.6) is 0 Å². The van der Waals surface area contributed by atoms with E-state index in [1.807, 2.05) is 32.7 Å². The van der Waals surface area contributed by atoms with Gasteiger partial charge in [-0.25, -0.2) is 9.78 Å². The maximum atomic E-state index is 12.2. The summed E-state index contributed by atoms with van der Waals surface area (Å²) in [5, 5.41) is 0. The van der Waals surface area contributed by atoms with Gasteiger partial charge in [0.2, 0.25) is 0 Å². The van der Waals surface area contributed by atoms with Crippen LogP contribution >= 0.6 is 0 Å². The van der Waals surface area contributed by atoms with E-state index >= 15 is 0 Å². The third-order valence-corrected chi connectivity index (χ3v) is 3.68. The molecule has 0 spiro atoms. The highest BCUT2D eigenvalue weighted by molar-refractivity contribution is 5.95. The molecule has 1 amide bonds. The Balaban J connectivity index is 1.86. The summed E-state index contributed by atoms with van der Waals surface area (Å²) in [6, 6.07) is 0.142. The smallest absolute Gasteiger partial charge is 0.410 e. The van der Waals surface area contributed by atoms with Gasteiger partial charge in [-0.05, 0) is 34.2 Å². The second-order valence-electron chi connectivity index (χ2n) is 6.80. The molecule has 7 heteroatoms. The Morgan fingerprint density at radius 2 is 2.13 bits per heavy atom. The molecular formula is C16H24N4O3. The number of carbonyl (C=O) groups is 2. The number of ketones is 1. The second-order valence-corrected chi connectivity index (χ2v) is 6.80. The molecule has 2 heterocycles. The van der Waals surface area contributed by atoms with Crippen LogP contribution in [0, 0.1) is 0 Å². The molecule has 0 N–H and O–H groups in total. The molecule has 2 rings (SSSR count). The lowest BCUT2D eigenvalue weighted by molar-refractivity contribution is 0.0283. The molecular weight excluding hydrogens is 296 g/mol. The minimum atomic E-state index is -0.497. The molecule has 0 aliphatic carbocycles. The molecule has 1 aromatic rings. The van der Waals surface area contributed by atoms with E-state index in [9.17, 15) is 9.59 Å². The number of hydrogen-bond acceptors (Lipinski definition) is 6. The summed E-state index contributed by atoms with van der Waals surface area (Å²) >= 11 is 0. The lowest BCUT2D eigenvalue weighted by Gasteiger charge is -2.26. The van der Waals surface area contributed by atoms with E-state index in [1.165, 1.54) is 18.6 Å². The largest absolute Gasteiger partial charge is 0.444 e. The average molecular weight is 320 g/mol. The lowest BCUT2D eigenvalue weighted by Crippen LogP contribution is -2.40. The summed E-state index contributed by atoms with van der Waals surface area (Å²) in [6.07, 6.45) is 5.04. The van der Waals surface area contributed by atoms with Gasteiger partial charge >= 0.3 is 6.09 Å². The number of ether oxygens (including phenoxy) is 1. The molecule has 1 fully saturated rings. The zero-order valence-corrected chi connectivity index (χ0v) is 14.2. The summed E-state index contributed by atoms with van der Waals surface area (Å²) in [4.78, 5) is 35.8. The van der Waals surface area contributed by atoms with Crippen LogP contribution in [0.25, 0.3) is 0 Å². The van der Waals surface area contributed by atoms with Crippen molar-refractivity contribution in [1.82, 2.24) is 19.8 Å². The summed E-state index contributed by atoms with van der Waals surface area (Å²) in [7, 11) is 1.89. The molecule has 7 nitrogen and oxygen atoms in total. The summed E-state index contributed by atoms with van der Waals surface area (Å²) in [5.74, 6) is -0.0729. The van der Waals surface area contributed by atoms with E-state index in [0.717, 1.165) is 6.42 Å². The van der Waals surface area contributed by atoms with Crippen molar-refractivity contribution in [2.75, 3.05) is 26.7 Å². The number of likely N-dealkylation sites (tertiary alicyclic amines) is 1. The number of rotatable bonds is 4. The Bertz CT molecular complexity index is 556. The SMILES string of the molecule is CN(CC(=O)c1cnccn1)[C@H]1CCN(C(=O)OC(C)(C)C)C1. The first-order valence-electron chi connectivity index (χ1n) is 7.73. The van der Waals surface area contributed by atoms with Crippen LogP contribution in [0.4, 0.5) is 4.79 Å². The zero-order valence-electron chi connectivity index (χ0n) is 14.2. The summed E-state index contributed by atoms with van der Waals surface area (Å²) in [6.45, 7) is 7.02. The molecule has 0 radical (unpaired) electrons. The Hall–Kier alpha value is -2.02. The monoisotopic (exact) mass is 320 g/mol. The van der Waals surface area contributed by atoms with E-state index < -0.39 is 5.60 Å². The zero-order chi connectivity index (χ0) is 17.0. The molecule has 0 bridgehead atoms. The van der Waals surface area contributed by atoms with Crippen LogP contribution in [-0.4, -0.2) is 70.0 Å². The van der Waals surface area contributed by atoms with Crippen LogP contribution in [0.15, 0.2) is 18.6 Å². The molecule has 0 saturated carbocycles. The Morgan fingerprint density at radius 1 is 1.39 bits per heavy atom. The first-order chi connectivity index (χ1) is 10.8. The fourth-order valence-electron chi connectivity index (χ4n) is 2.47. The normalized spacial score (nSPS) is 18.3. The first-order valence-corrected chi connectivity index (χ1v) is 7.73. The fourth-order valence-corrected chi connectivity index (χ4v) is 2.47. The molecule has 1 aliphatic heterocycles. The molecule has 126 valence electrons. The highest BCUT2D eigenvalue weighted by atomic mass is 16.6. The molecule has 1 saturated heterocycles. The average Bonchev–Trinajstić information content (AvgIpc) is 2.96. The van der Waals surface area contributed by atoms with Crippen molar-refractivity contribution >= 4 is 11.9 Å². The van der Waals surface area contributed by atoms with Crippen molar-refractivity contribution in [3.05, 3.63) is 24.3 Å². The van der Waals surface area contributed by atoms with Crippen molar-refractivity contribution in [2.24, 2.45) is 0 Å². The second kappa shape index (κ2) is 7.04. The summed E-state index contributed by atoms with van der Waals surface area (Å²) < 4.78 is 5.38. The van der Waals surface area contributed by atoms with Gasteiger partial charge in [0, 0.05) is 31.5 Å². The van der Waals surface area contributed by atoms with E-state index in [1.54, 1.807) is 4.90 Å². The van der Waals surface area contributed by atoms with Gasteiger partial charge in [-0.15, -0.1) is 0 Å². The van der Waals surface area contributed by atoms with E-state index in [2.05, 4.69) is 9.97 Å². The number of nitrogens with zero attached hydrogens (tertiary/aromatic N) is 4. The molecule has 0 aromatic carbocycles. The first kappa shape index (κ1) is 17.3. The fraction of sp³-hybridized carbons (Fsp3) is 0.625. The van der Waals surface area contributed by atoms with Gasteiger partial charge in [-0.3, -0.25) is 14.7 Å². The van der Waals surface area contributed by atoms with Gasteiger partial charge in [-0.1, -0.05) is 0 Å². The number of likely N-dealkylation sites (N-methyl/N-ethyl adjacent to an activating group) is 1. The standard InChI is InChI=1S/C16H24N4O3/c1-16(2,3)23-15(22)20-8-5-12(10-20)19(4)11-14(21)13-9-17-6-7-18-13/h6-7,9,12H,5,8,10-11H2,1-4H3/t12-/m0/s1. The highest BCUT2D eigenvalue weighted by Gasteiger charge is 2.32. The molecule has 1 atom stereocenters. The quantitative estimate of drug-likeness (QED) is 0.784. The van der Waals surface area contributed by atoms with Gasteiger partial charge in [-0.2, -0.15) is 0 Å². The van der Waals surface area contributed by atoms with Crippen LogP contribution in [0.2, 0.25) is 0 Å². The van der Waals surface area contributed by atoms with Gasteiger partial charge in [0.15, 0.2) is 5.78 Å². The predicted octanol–water partition coefficient (Wildman–Crippen LogP) is 1.60. The number of carbonyl (C=O) groups excluding carboxylic acids is 2. The number of Topliss-reactive ketones (excluding diaryl/α,β-unsaturated/α-hetero) is 1. The highest BCUT2D eigenvalue weighted by Crippen LogP contribution is 2.18. The van der Waals surface area contributed by atoms with E-state index in [-0.39, 0.29) is 24.5 Å². The van der Waals surface area contributed by atoms with Gasteiger partial charge in [0.05, 0.1) is 12.7 Å². The topological polar surface area (TPSA) is 75.6 Å². The van der Waals surface area contributed by atoms with Crippen LogP contribution in [0.3, 0.4) is 0 Å². The summed E-state index contributed by atoms with van der Waals surface area (Å²) in [5.41, 5.74) is -0.135. The van der Waals surface area contributed by atoms with Crippen molar-refractivity contribution in [2.45, 2.75) is 38.8 Å². The third-order valence-electron chi connectivity index (χ3n) is 3.68. The van der Waals surface area contributed by atoms with Crippen molar-refractivity contribution in [3.8, 4) is 0 Å². The van der Waals surface area contributed by atoms with Crippen LogP contribution < -0.4 is 0 Å². The molecule has 23 heavy (non-hydrogen) atoms.